The van der Waals surface area contributed by atoms with Crippen LogP contribution >= 0.6 is 20.7 Å². The van der Waals surface area contributed by atoms with Crippen LogP contribution in [-0.2, 0) is 0 Å². The highest BCUT2D eigenvalue weighted by Gasteiger charge is 2.36. The van der Waals surface area contributed by atoms with E-state index in [9.17, 15) is 0 Å². The highest BCUT2D eigenvalue weighted by atomic mass is 35.5. The highest BCUT2D eigenvalue weighted by Crippen LogP contribution is 2.42. The maximum atomic E-state index is 7.33. The van der Waals surface area contributed by atoms with Gasteiger partial charge in [-0.2, -0.15) is 9.21 Å². The molecule has 9 heteroatoms. The second kappa shape index (κ2) is 7.84. The lowest BCUT2D eigenvalue weighted by molar-refractivity contribution is 0.938. The number of aliphatic imine (C=N–C) groups is 2. The Morgan fingerprint density at radius 2 is 1.12 bits per heavy atom. The Bertz CT molecular complexity index is 2380. The zero-order valence-electron chi connectivity index (χ0n) is 21.4. The van der Waals surface area contributed by atoms with Crippen molar-refractivity contribution >= 4 is 82.7 Å². The minimum absolute atomic E-state index is 0.588. The number of hydrogen-bond acceptors (Lipinski definition) is 4. The zero-order chi connectivity index (χ0) is 26.6. The summed E-state index contributed by atoms with van der Waals surface area (Å²) in [6.07, 6.45) is 6.08. The molecule has 3 aromatic carbocycles. The van der Waals surface area contributed by atoms with E-state index in [2.05, 4.69) is 83.7 Å². The third-order valence-electron chi connectivity index (χ3n) is 8.06. The molecule has 0 aliphatic carbocycles. The van der Waals surface area contributed by atoms with Gasteiger partial charge in [-0.15, -0.1) is 11.5 Å². The summed E-state index contributed by atoms with van der Waals surface area (Å²) in [6, 6.07) is 27.1. The van der Waals surface area contributed by atoms with Crippen LogP contribution in [-0.4, -0.2) is 44.0 Å². The molecule has 5 aromatic rings. The molecule has 0 fully saturated rings. The molecule has 2 aromatic heterocycles. The van der Waals surface area contributed by atoms with Crippen LogP contribution in [0.1, 0.15) is 0 Å². The van der Waals surface area contributed by atoms with Crippen molar-refractivity contribution in [3.05, 3.63) is 113 Å². The van der Waals surface area contributed by atoms with E-state index in [-0.39, 0.29) is 0 Å². The van der Waals surface area contributed by atoms with E-state index < -0.39 is 15.6 Å². The van der Waals surface area contributed by atoms with Crippen molar-refractivity contribution in [2.75, 3.05) is 6.26 Å². The van der Waals surface area contributed by atoms with Crippen LogP contribution in [0.3, 0.4) is 0 Å². The molecule has 190 valence electrons. The van der Waals surface area contributed by atoms with Gasteiger partial charge in [0.1, 0.15) is 22.6 Å². The van der Waals surface area contributed by atoms with Crippen LogP contribution in [0.15, 0.2) is 127 Å². The van der Waals surface area contributed by atoms with E-state index in [0.717, 1.165) is 55.3 Å². The van der Waals surface area contributed by atoms with E-state index in [1.165, 1.54) is 4.90 Å². The van der Waals surface area contributed by atoms with Crippen molar-refractivity contribution in [3.63, 3.8) is 0 Å². The number of benzene rings is 3. The molecule has 0 amide bonds. The zero-order valence-corrected chi connectivity index (χ0v) is 22.9. The topological polar surface area (TPSA) is 59.3 Å². The largest absolute Gasteiger partial charge is 0.499 e. The van der Waals surface area contributed by atoms with Gasteiger partial charge in [-0.1, -0.05) is 66.7 Å². The number of halogens is 1. The van der Waals surface area contributed by atoms with Gasteiger partial charge in [-0.3, -0.25) is 0 Å². The molecule has 4 aliphatic heterocycles. The van der Waals surface area contributed by atoms with Gasteiger partial charge in [0.05, 0.1) is 0 Å². The minimum Gasteiger partial charge on any atom is -0.319 e. The van der Waals surface area contributed by atoms with Crippen molar-refractivity contribution in [1.29, 1.82) is 0 Å². The van der Waals surface area contributed by atoms with Gasteiger partial charge in [-0.05, 0) is 46.2 Å². The Kier molecular flexibility index (Phi) is 4.39. The van der Waals surface area contributed by atoms with Crippen molar-refractivity contribution < 1.29 is 0 Å². The monoisotopic (exact) mass is 554 g/mol. The van der Waals surface area contributed by atoms with Crippen LogP contribution in [0.2, 0.25) is 0 Å². The van der Waals surface area contributed by atoms with E-state index in [0.29, 0.717) is 11.7 Å². The standard InChI is InChI=1S/C31H20BClN6S/c1-40(19-9-3-2-4-10-19)17-15-20-21(16-18-40)27-34-26(20)35-28-22-11-5-7-13-24(22)30-37-31-25-14-8-6-12-23(25)29(36-27)39(31)32(33)38(28)30/h2-18H,1H3. The Labute approximate surface area is 235 Å². The van der Waals surface area contributed by atoms with Crippen LogP contribution in [0.25, 0.3) is 21.5 Å². The molecule has 0 N–H and O–H groups in total. The molecule has 6 heterocycles. The number of nitrogens with zero attached hydrogens (tertiary/aromatic N) is 6. The number of hydrogen-bond donors (Lipinski definition) is 0. The van der Waals surface area contributed by atoms with E-state index in [1.807, 2.05) is 33.2 Å². The number of rotatable bonds is 1. The molecule has 40 heavy (non-hydrogen) atoms. The maximum Gasteiger partial charge on any atom is 0.499 e. The average molecular weight is 555 g/mol. The van der Waals surface area contributed by atoms with E-state index >= 15 is 0 Å². The molecule has 0 saturated heterocycles. The van der Waals surface area contributed by atoms with Crippen molar-refractivity contribution in [2.45, 2.75) is 4.90 Å². The Morgan fingerprint density at radius 3 is 1.77 bits per heavy atom. The fourth-order valence-corrected chi connectivity index (χ4v) is 8.39. The van der Waals surface area contributed by atoms with Crippen molar-refractivity contribution in [1.82, 2.24) is 8.96 Å². The summed E-state index contributed by atoms with van der Waals surface area (Å²) in [7, 11) is -1.34. The first-order valence-corrected chi connectivity index (χ1v) is 15.7. The molecule has 0 saturated carbocycles. The van der Waals surface area contributed by atoms with Gasteiger partial charge >= 0.3 is 6.40 Å². The van der Waals surface area contributed by atoms with E-state index in [4.69, 9.17) is 31.4 Å². The smallest absolute Gasteiger partial charge is 0.319 e. The number of amidine groups is 2. The number of allylic oxidation sites excluding steroid dienone is 2. The Balaban J connectivity index is 1.45. The lowest BCUT2D eigenvalue weighted by Gasteiger charge is -2.18. The summed E-state index contributed by atoms with van der Waals surface area (Å²) in [4.78, 5) is 21.9. The van der Waals surface area contributed by atoms with Gasteiger partial charge in [0.15, 0.2) is 11.7 Å². The molecule has 9 rings (SSSR count). The molecule has 0 spiro atoms. The molecule has 1 atom stereocenters. The normalized spacial score (nSPS) is 20.2. The fraction of sp³-hybridized carbons (Fsp3) is 0.0323. The third kappa shape index (κ3) is 2.87. The third-order valence-corrected chi connectivity index (χ3v) is 11.1. The highest BCUT2D eigenvalue weighted by molar-refractivity contribution is 8.29. The first kappa shape index (κ1) is 22.4. The second-order valence-corrected chi connectivity index (χ2v) is 13.8. The van der Waals surface area contributed by atoms with Gasteiger partial charge in [0.25, 0.3) is 0 Å². The molecule has 0 radical (unpaired) electrons. The molecule has 6 nitrogen and oxygen atoms in total. The summed E-state index contributed by atoms with van der Waals surface area (Å²) in [6.45, 7) is 0. The van der Waals surface area contributed by atoms with Crippen LogP contribution in [0.5, 0.6) is 0 Å². The Hall–Kier alpha value is -4.40. The maximum absolute atomic E-state index is 7.33. The number of aromatic nitrogens is 2. The summed E-state index contributed by atoms with van der Waals surface area (Å²) in [5.41, 5.74) is 3.48. The van der Waals surface area contributed by atoms with Gasteiger partial charge in [-0.25, -0.2) is 20.0 Å². The lowest BCUT2D eigenvalue weighted by atomic mass is 10.1. The fourth-order valence-electron chi connectivity index (χ4n) is 6.04. The van der Waals surface area contributed by atoms with Crippen molar-refractivity contribution in [2.24, 2.45) is 20.0 Å². The van der Waals surface area contributed by atoms with Crippen LogP contribution < -0.4 is 11.0 Å². The minimum atomic E-state index is -1.34. The average Bonchev–Trinajstić information content (AvgIpc) is 3.55. The molecular formula is C31H20BClN6S. The van der Waals surface area contributed by atoms with Crippen molar-refractivity contribution in [3.8, 4) is 0 Å². The quantitative estimate of drug-likeness (QED) is 0.194. The molecular weight excluding hydrogens is 535 g/mol. The summed E-state index contributed by atoms with van der Waals surface area (Å²) in [5, 5.41) is 8.63. The first-order valence-electron chi connectivity index (χ1n) is 13.1. The van der Waals surface area contributed by atoms with E-state index in [1.54, 1.807) is 0 Å². The summed E-state index contributed by atoms with van der Waals surface area (Å²) in [5.74, 6) is 2.82. The summed E-state index contributed by atoms with van der Waals surface area (Å²) < 4.78 is 4.03. The molecule has 4 bridgehead atoms. The van der Waals surface area contributed by atoms with Crippen LogP contribution in [0.4, 0.5) is 11.6 Å². The van der Waals surface area contributed by atoms with Gasteiger partial charge in [0, 0.05) is 32.7 Å². The first-order chi connectivity index (χ1) is 19.6. The van der Waals surface area contributed by atoms with Crippen LogP contribution in [0, 0.1) is 0 Å². The lowest BCUT2D eigenvalue weighted by Crippen LogP contribution is -2.44. The summed E-state index contributed by atoms with van der Waals surface area (Å²) >= 11 is 7.33. The predicted molar refractivity (Wildman–Crippen MR) is 169 cm³/mol. The Morgan fingerprint density at radius 1 is 0.600 bits per heavy atom. The predicted octanol–water partition coefficient (Wildman–Crippen LogP) is 5.52. The molecule has 4 aliphatic rings. The van der Waals surface area contributed by atoms with Gasteiger partial charge in [0.2, 0.25) is 0 Å². The number of fused-ring (bicyclic) bond motifs is 10. The second-order valence-electron chi connectivity index (χ2n) is 10.3. The molecule has 1 unspecified atom stereocenters. The SMILES string of the molecule is CS1(c2ccccc2)=CC=C2C(=CC=1)C1=Nc3c4ccccc4c4n3B(Cl)n3c(c5ccccc5c3=N4)=NC2=N1. The van der Waals surface area contributed by atoms with Gasteiger partial charge < -0.3 is 8.96 Å².